The second-order valence-electron chi connectivity index (χ2n) is 4.25. The first-order valence-corrected chi connectivity index (χ1v) is 7.92. The van der Waals surface area contributed by atoms with Crippen LogP contribution in [0.25, 0.3) is 10.8 Å². The number of nitrogens with two attached hydrogens (primary N) is 1. The molecule has 3 N–H and O–H groups in total. The molecule has 0 radical (unpaired) electrons. The van der Waals surface area contributed by atoms with Crippen molar-refractivity contribution in [1.29, 1.82) is 0 Å². The Bertz CT molecular complexity index is 771. The Morgan fingerprint density at radius 1 is 1.20 bits per heavy atom. The largest absolute Gasteiger partial charge is 0.480 e. The van der Waals surface area contributed by atoms with Crippen LogP contribution >= 0.6 is 12.6 Å². The van der Waals surface area contributed by atoms with E-state index in [4.69, 9.17) is 10.8 Å². The average Bonchev–Trinajstić information content (AvgIpc) is 2.39. The number of benzene rings is 2. The Hall–Kier alpha value is -1.73. The van der Waals surface area contributed by atoms with Gasteiger partial charge >= 0.3 is 5.97 Å². The van der Waals surface area contributed by atoms with E-state index in [1.165, 1.54) is 12.1 Å². The Morgan fingerprint density at radius 3 is 2.35 bits per heavy atom. The fraction of sp³-hybridized carbons (Fsp3) is 0.154. The highest BCUT2D eigenvalue weighted by Crippen LogP contribution is 2.30. The summed E-state index contributed by atoms with van der Waals surface area (Å²) < 4.78 is 24.9. The van der Waals surface area contributed by atoms with Crippen molar-refractivity contribution < 1.29 is 18.3 Å². The highest BCUT2D eigenvalue weighted by molar-refractivity contribution is 7.94. The number of carboxylic acid groups (broad SMARTS) is 1. The van der Waals surface area contributed by atoms with Gasteiger partial charge in [-0.1, -0.05) is 24.3 Å². The average molecular weight is 311 g/mol. The van der Waals surface area contributed by atoms with Gasteiger partial charge in [-0.25, -0.2) is 8.42 Å². The smallest absolute Gasteiger partial charge is 0.323 e. The number of thiol groups is 1. The molecule has 0 aromatic heterocycles. The van der Waals surface area contributed by atoms with Gasteiger partial charge in [-0.05, 0) is 12.1 Å². The monoisotopic (exact) mass is 311 g/mol. The summed E-state index contributed by atoms with van der Waals surface area (Å²) in [5, 5.41) is 8.46. The van der Waals surface area contributed by atoms with Crippen LogP contribution in [-0.2, 0) is 14.6 Å². The maximum absolute atomic E-state index is 12.5. The second-order valence-corrected chi connectivity index (χ2v) is 6.72. The number of fused-ring (bicyclic) bond motifs is 1. The highest BCUT2D eigenvalue weighted by Gasteiger charge is 2.34. The SMILES string of the molecule is Nc1ccc(S(=O)(=O)C(CS)C(=O)O)c2ccccc12. The molecular formula is C13H13NO4S2. The number of aliphatic carboxylic acids is 1. The van der Waals surface area contributed by atoms with Crippen molar-refractivity contribution in [3.8, 4) is 0 Å². The van der Waals surface area contributed by atoms with E-state index in [-0.39, 0.29) is 10.6 Å². The predicted molar refractivity (Wildman–Crippen MR) is 80.8 cm³/mol. The third kappa shape index (κ3) is 2.34. The molecule has 0 bridgehead atoms. The fourth-order valence-electron chi connectivity index (χ4n) is 2.01. The van der Waals surface area contributed by atoms with Gasteiger partial charge in [-0.15, -0.1) is 0 Å². The number of hydrogen-bond acceptors (Lipinski definition) is 5. The van der Waals surface area contributed by atoms with E-state index < -0.39 is 21.1 Å². The molecule has 20 heavy (non-hydrogen) atoms. The number of hydrogen-bond donors (Lipinski definition) is 3. The number of nitrogen functional groups attached to an aromatic ring is 1. The molecule has 2 aromatic rings. The highest BCUT2D eigenvalue weighted by atomic mass is 32.2. The van der Waals surface area contributed by atoms with Gasteiger partial charge in [0.2, 0.25) is 0 Å². The molecule has 1 atom stereocenters. The lowest BCUT2D eigenvalue weighted by atomic mass is 10.1. The first-order chi connectivity index (χ1) is 9.39. The van der Waals surface area contributed by atoms with Crippen LogP contribution in [0.5, 0.6) is 0 Å². The molecule has 0 spiro atoms. The zero-order valence-corrected chi connectivity index (χ0v) is 12.1. The van der Waals surface area contributed by atoms with Crippen molar-refractivity contribution in [2.75, 3.05) is 11.5 Å². The summed E-state index contributed by atoms with van der Waals surface area (Å²) in [7, 11) is -4.03. The molecule has 5 nitrogen and oxygen atoms in total. The summed E-state index contributed by atoms with van der Waals surface area (Å²) in [5.74, 6) is -1.71. The molecule has 1 unspecified atom stereocenters. The van der Waals surface area contributed by atoms with Crippen LogP contribution in [0.4, 0.5) is 5.69 Å². The molecule has 0 saturated carbocycles. The van der Waals surface area contributed by atoms with Crippen LogP contribution in [0.3, 0.4) is 0 Å². The number of anilines is 1. The van der Waals surface area contributed by atoms with Crippen LogP contribution < -0.4 is 5.73 Å². The lowest BCUT2D eigenvalue weighted by Crippen LogP contribution is -2.32. The Morgan fingerprint density at radius 2 is 1.80 bits per heavy atom. The summed E-state index contributed by atoms with van der Waals surface area (Å²) in [6.45, 7) is 0. The van der Waals surface area contributed by atoms with Crippen LogP contribution in [-0.4, -0.2) is 30.5 Å². The predicted octanol–water partition coefficient (Wildman–Crippen LogP) is 1.58. The molecule has 0 amide bonds. The zero-order valence-electron chi connectivity index (χ0n) is 10.4. The molecule has 0 saturated heterocycles. The molecule has 0 aliphatic heterocycles. The third-order valence-corrected chi connectivity index (χ3v) is 5.74. The van der Waals surface area contributed by atoms with Gasteiger partial charge in [0.05, 0.1) is 4.90 Å². The van der Waals surface area contributed by atoms with Crippen molar-refractivity contribution in [3.63, 3.8) is 0 Å². The van der Waals surface area contributed by atoms with E-state index >= 15 is 0 Å². The molecule has 0 heterocycles. The van der Waals surface area contributed by atoms with Gasteiger partial charge < -0.3 is 10.8 Å². The number of sulfone groups is 1. The fourth-order valence-corrected chi connectivity index (χ4v) is 4.26. The molecule has 2 aromatic carbocycles. The lowest BCUT2D eigenvalue weighted by Gasteiger charge is -2.14. The Labute approximate surface area is 121 Å². The van der Waals surface area contributed by atoms with Crippen molar-refractivity contribution in [1.82, 2.24) is 0 Å². The van der Waals surface area contributed by atoms with Gasteiger partial charge in [-0.2, -0.15) is 12.6 Å². The van der Waals surface area contributed by atoms with E-state index in [1.54, 1.807) is 24.3 Å². The zero-order chi connectivity index (χ0) is 14.9. The maximum Gasteiger partial charge on any atom is 0.323 e. The van der Waals surface area contributed by atoms with Gasteiger partial charge in [0.1, 0.15) is 0 Å². The molecule has 106 valence electrons. The third-order valence-electron chi connectivity index (χ3n) is 3.04. The van der Waals surface area contributed by atoms with Crippen LogP contribution in [0.2, 0.25) is 0 Å². The van der Waals surface area contributed by atoms with E-state index in [1.807, 2.05) is 0 Å². The molecule has 0 aliphatic rings. The van der Waals surface area contributed by atoms with Gasteiger partial charge in [-0.3, -0.25) is 4.79 Å². The number of rotatable bonds is 4. The first-order valence-electron chi connectivity index (χ1n) is 5.74. The summed E-state index contributed by atoms with van der Waals surface area (Å²) >= 11 is 3.83. The Kier molecular flexibility index (Phi) is 3.92. The first kappa shape index (κ1) is 14.7. The molecular weight excluding hydrogens is 298 g/mol. The van der Waals surface area contributed by atoms with Gasteiger partial charge in [0.25, 0.3) is 0 Å². The van der Waals surface area contributed by atoms with Crippen molar-refractivity contribution in [3.05, 3.63) is 36.4 Å². The van der Waals surface area contributed by atoms with Crippen molar-refractivity contribution in [2.24, 2.45) is 0 Å². The number of carboxylic acids is 1. The minimum Gasteiger partial charge on any atom is -0.480 e. The lowest BCUT2D eigenvalue weighted by molar-refractivity contribution is -0.136. The van der Waals surface area contributed by atoms with Crippen molar-refractivity contribution in [2.45, 2.75) is 10.1 Å². The van der Waals surface area contributed by atoms with Crippen molar-refractivity contribution >= 4 is 44.9 Å². The van der Waals surface area contributed by atoms with Gasteiger partial charge in [0, 0.05) is 22.2 Å². The summed E-state index contributed by atoms with van der Waals surface area (Å²) in [5.41, 5.74) is 6.25. The summed E-state index contributed by atoms with van der Waals surface area (Å²) in [6.07, 6.45) is 0. The maximum atomic E-state index is 12.5. The molecule has 0 aliphatic carbocycles. The summed E-state index contributed by atoms with van der Waals surface area (Å²) in [6, 6.07) is 9.52. The standard InChI is InChI=1S/C13H13NO4S2/c14-10-5-6-11(9-4-2-1-3-8(9)10)20(17,18)12(7-19)13(15)16/h1-6,12,19H,7,14H2,(H,15,16). The van der Waals surface area contributed by atoms with E-state index in [0.29, 0.717) is 16.5 Å². The van der Waals surface area contributed by atoms with E-state index in [2.05, 4.69) is 12.6 Å². The normalized spacial score (nSPS) is 13.2. The number of carbonyl (C=O) groups is 1. The minimum atomic E-state index is -4.03. The van der Waals surface area contributed by atoms with E-state index in [9.17, 15) is 13.2 Å². The van der Waals surface area contributed by atoms with Crippen LogP contribution in [0.15, 0.2) is 41.3 Å². The molecule has 0 fully saturated rings. The van der Waals surface area contributed by atoms with Crippen LogP contribution in [0.1, 0.15) is 0 Å². The Balaban J connectivity index is 2.76. The molecule has 7 heteroatoms. The molecule has 2 rings (SSSR count). The second kappa shape index (κ2) is 5.34. The van der Waals surface area contributed by atoms with Gasteiger partial charge in [0.15, 0.2) is 15.1 Å². The topological polar surface area (TPSA) is 97.5 Å². The minimum absolute atomic E-state index is 0.0382. The quantitative estimate of drug-likeness (QED) is 0.588. The van der Waals surface area contributed by atoms with E-state index in [0.717, 1.165) is 0 Å². The van der Waals surface area contributed by atoms with Crippen LogP contribution in [0, 0.1) is 0 Å². The summed E-state index contributed by atoms with van der Waals surface area (Å²) in [4.78, 5) is 11.1.